The van der Waals surface area contributed by atoms with Gasteiger partial charge in [-0.3, -0.25) is 4.79 Å². The van der Waals surface area contributed by atoms with Gasteiger partial charge in [-0.15, -0.1) is 0 Å². The van der Waals surface area contributed by atoms with E-state index in [1.807, 2.05) is 32.4 Å². The molecule has 0 saturated heterocycles. The van der Waals surface area contributed by atoms with Gasteiger partial charge in [0.25, 0.3) is 0 Å². The maximum Gasteiger partial charge on any atom is 0.314 e. The van der Waals surface area contributed by atoms with Crippen LogP contribution >= 0.6 is 0 Å². The Morgan fingerprint density at radius 2 is 2.10 bits per heavy atom. The van der Waals surface area contributed by atoms with Gasteiger partial charge in [0.05, 0.1) is 12.0 Å². The molecule has 0 fully saturated rings. The Kier molecular flexibility index (Phi) is 5.68. The molecular formula is C14H26N4O2. The van der Waals surface area contributed by atoms with Crippen LogP contribution in [0.3, 0.4) is 0 Å². The van der Waals surface area contributed by atoms with Crippen molar-refractivity contribution in [1.29, 1.82) is 0 Å². The molecule has 1 aromatic heterocycles. The number of carbonyl (C=O) groups excluding carboxylic acids is 1. The van der Waals surface area contributed by atoms with Crippen molar-refractivity contribution in [2.75, 3.05) is 13.2 Å². The predicted molar refractivity (Wildman–Crippen MR) is 77.1 cm³/mol. The van der Waals surface area contributed by atoms with Gasteiger partial charge in [0.15, 0.2) is 0 Å². The minimum Gasteiger partial charge on any atom is -0.466 e. The second-order valence-electron chi connectivity index (χ2n) is 5.63. The lowest BCUT2D eigenvalue weighted by Gasteiger charge is -2.33. The summed E-state index contributed by atoms with van der Waals surface area (Å²) < 4.78 is 7.06. The molecule has 1 atom stereocenters. The van der Waals surface area contributed by atoms with E-state index in [0.29, 0.717) is 13.0 Å². The lowest BCUT2D eigenvalue weighted by Crippen LogP contribution is -2.46. The van der Waals surface area contributed by atoms with Gasteiger partial charge in [0, 0.05) is 19.0 Å². The first-order valence-electron chi connectivity index (χ1n) is 7.14. The summed E-state index contributed by atoms with van der Waals surface area (Å²) in [6, 6.07) is 0.192. The van der Waals surface area contributed by atoms with Crippen molar-refractivity contribution in [3.63, 3.8) is 0 Å². The van der Waals surface area contributed by atoms with Crippen LogP contribution in [0.15, 0.2) is 6.33 Å². The fourth-order valence-corrected chi connectivity index (χ4v) is 2.29. The highest BCUT2D eigenvalue weighted by Gasteiger charge is 2.43. The summed E-state index contributed by atoms with van der Waals surface area (Å²) in [5.41, 5.74) is 5.17. The monoisotopic (exact) mass is 282 g/mol. The normalized spacial score (nSPS) is 14.6. The summed E-state index contributed by atoms with van der Waals surface area (Å²) >= 11 is 0. The first-order chi connectivity index (χ1) is 9.39. The van der Waals surface area contributed by atoms with Gasteiger partial charge in [-0.2, -0.15) is 5.10 Å². The number of nitrogens with two attached hydrogens (primary N) is 1. The first kappa shape index (κ1) is 16.6. The van der Waals surface area contributed by atoms with Crippen molar-refractivity contribution in [1.82, 2.24) is 14.8 Å². The zero-order valence-corrected chi connectivity index (χ0v) is 13.1. The zero-order chi connectivity index (χ0) is 15.3. The van der Waals surface area contributed by atoms with E-state index in [2.05, 4.69) is 10.1 Å². The first-order valence-corrected chi connectivity index (χ1v) is 7.14. The van der Waals surface area contributed by atoms with Gasteiger partial charge in [0.1, 0.15) is 12.2 Å². The van der Waals surface area contributed by atoms with E-state index in [1.165, 1.54) is 6.33 Å². The molecule has 20 heavy (non-hydrogen) atoms. The largest absolute Gasteiger partial charge is 0.466 e. The van der Waals surface area contributed by atoms with Crippen LogP contribution in [0.5, 0.6) is 0 Å². The summed E-state index contributed by atoms with van der Waals surface area (Å²) in [6.45, 7) is 10.4. The van der Waals surface area contributed by atoms with Crippen molar-refractivity contribution in [3.8, 4) is 0 Å². The Bertz CT molecular complexity index is 442. The molecule has 6 heteroatoms. The third-order valence-corrected chi connectivity index (χ3v) is 3.76. The third kappa shape index (κ3) is 3.17. The molecule has 0 saturated carbocycles. The van der Waals surface area contributed by atoms with Crippen LogP contribution in [-0.2, 0) is 16.0 Å². The maximum atomic E-state index is 12.4. The molecule has 1 rings (SSSR count). The van der Waals surface area contributed by atoms with Crippen molar-refractivity contribution in [2.24, 2.45) is 17.1 Å². The number of carbonyl (C=O) groups is 1. The average Bonchev–Trinajstić information content (AvgIpc) is 2.83. The molecule has 0 aromatic carbocycles. The summed E-state index contributed by atoms with van der Waals surface area (Å²) in [4.78, 5) is 16.7. The molecule has 0 aliphatic carbocycles. The fraction of sp³-hybridized carbons (Fsp3) is 0.786. The second-order valence-corrected chi connectivity index (χ2v) is 5.63. The molecule has 0 amide bonds. The molecule has 0 aliphatic heterocycles. The van der Waals surface area contributed by atoms with Crippen LogP contribution in [0.25, 0.3) is 0 Å². The lowest BCUT2D eigenvalue weighted by molar-refractivity contribution is -0.158. The van der Waals surface area contributed by atoms with Crippen LogP contribution in [0.2, 0.25) is 0 Å². The highest BCUT2D eigenvalue weighted by atomic mass is 16.5. The molecule has 0 radical (unpaired) electrons. The maximum absolute atomic E-state index is 12.4. The van der Waals surface area contributed by atoms with Crippen molar-refractivity contribution in [2.45, 2.75) is 47.1 Å². The van der Waals surface area contributed by atoms with Crippen LogP contribution in [-0.4, -0.2) is 33.9 Å². The Balaban J connectivity index is 3.12. The number of nitrogens with zero attached hydrogens (tertiary/aromatic N) is 3. The SMILES string of the molecule is CCOC(=O)C(CN)(Cc1ncnn1C(C)C)C(C)C. The molecule has 6 nitrogen and oxygen atoms in total. The van der Waals surface area contributed by atoms with Gasteiger partial charge < -0.3 is 10.5 Å². The van der Waals surface area contributed by atoms with Crippen LogP contribution < -0.4 is 5.73 Å². The topological polar surface area (TPSA) is 83.0 Å². The molecule has 1 aromatic rings. The van der Waals surface area contributed by atoms with Crippen molar-refractivity contribution in [3.05, 3.63) is 12.2 Å². The van der Waals surface area contributed by atoms with Gasteiger partial charge in [-0.05, 0) is 26.7 Å². The minimum absolute atomic E-state index is 0.0591. The van der Waals surface area contributed by atoms with Gasteiger partial charge in [0.2, 0.25) is 0 Å². The number of ether oxygens (including phenoxy) is 1. The van der Waals surface area contributed by atoms with E-state index in [1.54, 1.807) is 6.92 Å². The number of rotatable bonds is 7. The fourth-order valence-electron chi connectivity index (χ4n) is 2.29. The number of hydrogen-bond donors (Lipinski definition) is 1. The van der Waals surface area contributed by atoms with Gasteiger partial charge >= 0.3 is 5.97 Å². The number of hydrogen-bond acceptors (Lipinski definition) is 5. The molecule has 114 valence electrons. The number of aromatic nitrogens is 3. The van der Waals surface area contributed by atoms with Gasteiger partial charge in [-0.25, -0.2) is 9.67 Å². The molecule has 0 spiro atoms. The Morgan fingerprint density at radius 3 is 2.55 bits per heavy atom. The molecule has 1 heterocycles. The van der Waals surface area contributed by atoms with E-state index >= 15 is 0 Å². The van der Waals surface area contributed by atoms with Crippen LogP contribution in [0, 0.1) is 11.3 Å². The standard InChI is InChI=1S/C14H26N4O2/c1-6-20-13(19)14(8-15,10(2)3)7-12-16-9-17-18(12)11(4)5/h9-11H,6-8,15H2,1-5H3. The Morgan fingerprint density at radius 1 is 1.45 bits per heavy atom. The van der Waals surface area contributed by atoms with Gasteiger partial charge in [-0.1, -0.05) is 13.8 Å². The Hall–Kier alpha value is -1.43. The Labute approximate surface area is 120 Å². The van der Waals surface area contributed by atoms with E-state index in [-0.39, 0.29) is 24.5 Å². The highest BCUT2D eigenvalue weighted by molar-refractivity contribution is 5.77. The van der Waals surface area contributed by atoms with E-state index in [4.69, 9.17) is 10.5 Å². The van der Waals surface area contributed by atoms with Crippen molar-refractivity contribution >= 4 is 5.97 Å². The zero-order valence-electron chi connectivity index (χ0n) is 13.1. The van der Waals surface area contributed by atoms with Crippen molar-refractivity contribution < 1.29 is 9.53 Å². The van der Waals surface area contributed by atoms with E-state index in [9.17, 15) is 4.79 Å². The summed E-state index contributed by atoms with van der Waals surface area (Å²) in [6.07, 6.45) is 1.96. The molecule has 2 N–H and O–H groups in total. The molecule has 0 aliphatic rings. The predicted octanol–water partition coefficient (Wildman–Crippen LogP) is 1.57. The minimum atomic E-state index is -0.754. The smallest absolute Gasteiger partial charge is 0.314 e. The summed E-state index contributed by atoms with van der Waals surface area (Å²) in [5, 5.41) is 4.21. The summed E-state index contributed by atoms with van der Waals surface area (Å²) in [5.74, 6) is 0.576. The molecule has 0 bridgehead atoms. The highest BCUT2D eigenvalue weighted by Crippen LogP contribution is 2.32. The quantitative estimate of drug-likeness (QED) is 0.767. The van der Waals surface area contributed by atoms with E-state index < -0.39 is 5.41 Å². The molecular weight excluding hydrogens is 256 g/mol. The lowest BCUT2D eigenvalue weighted by atomic mass is 9.74. The van der Waals surface area contributed by atoms with Crippen LogP contribution in [0.4, 0.5) is 0 Å². The number of esters is 1. The third-order valence-electron chi connectivity index (χ3n) is 3.76. The second kappa shape index (κ2) is 6.83. The van der Waals surface area contributed by atoms with E-state index in [0.717, 1.165) is 5.82 Å². The average molecular weight is 282 g/mol. The molecule has 1 unspecified atom stereocenters. The summed E-state index contributed by atoms with van der Waals surface area (Å²) in [7, 11) is 0. The van der Waals surface area contributed by atoms with Crippen LogP contribution in [0.1, 0.15) is 46.5 Å².